The van der Waals surface area contributed by atoms with Crippen LogP contribution in [0, 0.1) is 0 Å². The van der Waals surface area contributed by atoms with Crippen LogP contribution in [0.3, 0.4) is 0 Å². The number of hydrogen-bond acceptors (Lipinski definition) is 10. The second-order valence-corrected chi connectivity index (χ2v) is 9.78. The summed E-state index contributed by atoms with van der Waals surface area (Å²) in [4.78, 5) is 47.5. The molecular weight excluding hydrogens is 509 g/mol. The van der Waals surface area contributed by atoms with Crippen molar-refractivity contribution >= 4 is 29.7 Å². The van der Waals surface area contributed by atoms with Gasteiger partial charge in [0, 0.05) is 38.9 Å². The van der Waals surface area contributed by atoms with Gasteiger partial charge >= 0.3 is 12.1 Å². The van der Waals surface area contributed by atoms with Crippen LogP contribution in [0.2, 0.25) is 0 Å². The van der Waals surface area contributed by atoms with Gasteiger partial charge in [-0.3, -0.25) is 10.6 Å². The van der Waals surface area contributed by atoms with E-state index in [1.54, 1.807) is 11.0 Å². The fourth-order valence-corrected chi connectivity index (χ4v) is 4.61. The molecule has 39 heavy (non-hydrogen) atoms. The third-order valence-electron chi connectivity index (χ3n) is 7.06. The van der Waals surface area contributed by atoms with E-state index in [-0.39, 0.29) is 30.7 Å². The van der Waals surface area contributed by atoms with Gasteiger partial charge in [0.25, 0.3) is 0 Å². The first-order valence-electron chi connectivity index (χ1n) is 13.1. The van der Waals surface area contributed by atoms with Crippen molar-refractivity contribution < 1.29 is 23.5 Å². The summed E-state index contributed by atoms with van der Waals surface area (Å²) in [7, 11) is 3.58. The van der Waals surface area contributed by atoms with Crippen molar-refractivity contribution in [1.82, 2.24) is 29.7 Å². The number of ether oxygens (including phenoxy) is 2. The number of nitrogens with zero attached hydrogens (tertiary/aromatic N) is 7. The zero-order valence-electron chi connectivity index (χ0n) is 22.7. The fourth-order valence-electron chi connectivity index (χ4n) is 4.61. The zero-order valence-corrected chi connectivity index (χ0v) is 22.7. The number of urea groups is 1. The van der Waals surface area contributed by atoms with E-state index in [4.69, 9.17) is 9.47 Å². The van der Waals surface area contributed by atoms with Gasteiger partial charge in [-0.05, 0) is 46.2 Å². The first-order valence-corrected chi connectivity index (χ1v) is 13.1. The highest BCUT2D eigenvalue weighted by Gasteiger charge is 2.35. The summed E-state index contributed by atoms with van der Waals surface area (Å²) >= 11 is 0. The topological polar surface area (TPSA) is 138 Å². The van der Waals surface area contributed by atoms with Gasteiger partial charge in [0.1, 0.15) is 18.1 Å². The lowest BCUT2D eigenvalue weighted by molar-refractivity contribution is 0.0440. The van der Waals surface area contributed by atoms with Gasteiger partial charge < -0.3 is 24.2 Å². The standard InChI is InChI=1S/C25H36FN9O4/c1-5-38-22-14-28-21(13-29-22)31-24(36)34(4)19-15-35(11-8-18(19)26)23-27-9-6-20(30-23)32-25(37)39-17-7-10-33(3)16(2)12-17/h6,9,13-14,16-19H,5,7-8,10-12,15H2,1-4H3,(H,28,31,36)(H,27,30,32,37)/t16-,17-,18+,19-/m0/s1. The Morgan fingerprint density at radius 3 is 2.69 bits per heavy atom. The zero-order chi connectivity index (χ0) is 27.9. The van der Waals surface area contributed by atoms with Gasteiger partial charge in [-0.25, -0.2) is 28.9 Å². The minimum atomic E-state index is -1.24. The third-order valence-corrected chi connectivity index (χ3v) is 7.06. The predicted molar refractivity (Wildman–Crippen MR) is 143 cm³/mol. The van der Waals surface area contributed by atoms with Gasteiger partial charge in [-0.1, -0.05) is 0 Å². The highest BCUT2D eigenvalue weighted by atomic mass is 19.1. The number of carbonyl (C=O) groups is 2. The van der Waals surface area contributed by atoms with Gasteiger partial charge in [0.15, 0.2) is 5.82 Å². The average molecular weight is 546 g/mol. The molecule has 2 saturated heterocycles. The molecule has 0 unspecified atom stereocenters. The van der Waals surface area contributed by atoms with E-state index >= 15 is 0 Å². The molecule has 212 valence electrons. The summed E-state index contributed by atoms with van der Waals surface area (Å²) in [5.41, 5.74) is 0. The summed E-state index contributed by atoms with van der Waals surface area (Å²) in [6.07, 6.45) is 4.06. The number of hydrogen-bond donors (Lipinski definition) is 2. The lowest BCUT2D eigenvalue weighted by Crippen LogP contribution is -2.55. The van der Waals surface area contributed by atoms with Crippen LogP contribution in [0.25, 0.3) is 0 Å². The number of halogens is 1. The first kappa shape index (κ1) is 28.2. The van der Waals surface area contributed by atoms with Crippen LogP contribution < -0.4 is 20.3 Å². The first-order chi connectivity index (χ1) is 18.7. The Morgan fingerprint density at radius 2 is 1.97 bits per heavy atom. The summed E-state index contributed by atoms with van der Waals surface area (Å²) in [6, 6.07) is 0.623. The summed E-state index contributed by atoms with van der Waals surface area (Å²) in [6.45, 7) is 5.77. The highest BCUT2D eigenvalue weighted by molar-refractivity contribution is 5.88. The Morgan fingerprint density at radius 1 is 1.15 bits per heavy atom. The SMILES string of the molecule is CCOc1cnc(NC(=O)N(C)[C@H]2CN(c3nccc(NC(=O)O[C@H]4CCN(C)[C@@H](C)C4)n3)CC[C@H]2F)cn1. The Labute approximate surface area is 227 Å². The molecule has 13 nitrogen and oxygen atoms in total. The number of nitrogens with one attached hydrogen (secondary N) is 2. The number of aromatic nitrogens is 4. The minimum absolute atomic E-state index is 0.155. The van der Waals surface area contributed by atoms with Crippen LogP contribution >= 0.6 is 0 Å². The monoisotopic (exact) mass is 545 g/mol. The Kier molecular flexibility index (Phi) is 9.28. The highest BCUT2D eigenvalue weighted by Crippen LogP contribution is 2.24. The van der Waals surface area contributed by atoms with E-state index in [1.807, 2.05) is 6.92 Å². The number of amides is 3. The molecule has 0 bridgehead atoms. The summed E-state index contributed by atoms with van der Waals surface area (Å²) in [5, 5.41) is 5.30. The van der Waals surface area contributed by atoms with Crippen molar-refractivity contribution in [3.05, 3.63) is 24.7 Å². The number of alkyl halides is 1. The molecule has 2 aromatic rings. The smallest absolute Gasteiger partial charge is 0.413 e. The van der Waals surface area contributed by atoms with Crippen LogP contribution in [0.4, 0.5) is 31.6 Å². The Hall–Kier alpha value is -3.81. The van der Waals surface area contributed by atoms with E-state index in [2.05, 4.69) is 49.4 Å². The maximum atomic E-state index is 14.9. The summed E-state index contributed by atoms with van der Waals surface area (Å²) in [5.74, 6) is 1.17. The number of likely N-dealkylation sites (tertiary alicyclic amines) is 1. The van der Waals surface area contributed by atoms with E-state index in [1.165, 1.54) is 30.5 Å². The molecule has 2 fully saturated rings. The van der Waals surface area contributed by atoms with E-state index in [9.17, 15) is 14.0 Å². The van der Waals surface area contributed by atoms with E-state index in [0.717, 1.165) is 19.4 Å². The lowest BCUT2D eigenvalue weighted by Gasteiger charge is -2.39. The molecule has 14 heteroatoms. The molecular formula is C25H36FN9O4. The number of carbonyl (C=O) groups excluding carboxylic acids is 2. The molecule has 2 aliphatic rings. The summed E-state index contributed by atoms with van der Waals surface area (Å²) < 4.78 is 25.8. The molecule has 3 amide bonds. The number of anilines is 3. The van der Waals surface area contributed by atoms with Crippen molar-refractivity contribution in [1.29, 1.82) is 0 Å². The molecule has 0 saturated carbocycles. The lowest BCUT2D eigenvalue weighted by atomic mass is 10.0. The Balaban J connectivity index is 1.34. The molecule has 0 radical (unpaired) electrons. The second-order valence-electron chi connectivity index (χ2n) is 9.78. The average Bonchev–Trinajstić information content (AvgIpc) is 2.92. The van der Waals surface area contributed by atoms with Crippen LogP contribution in [0.15, 0.2) is 24.7 Å². The molecule has 4 heterocycles. The van der Waals surface area contributed by atoms with Crippen molar-refractivity contribution in [3.63, 3.8) is 0 Å². The van der Waals surface area contributed by atoms with Crippen LogP contribution in [-0.4, -0.2) is 107 Å². The van der Waals surface area contributed by atoms with E-state index in [0.29, 0.717) is 31.0 Å². The third kappa shape index (κ3) is 7.40. The molecule has 2 N–H and O–H groups in total. The minimum Gasteiger partial charge on any atom is -0.477 e. The predicted octanol–water partition coefficient (Wildman–Crippen LogP) is 2.78. The molecule has 4 rings (SSSR count). The Bertz CT molecular complexity index is 1120. The van der Waals surface area contributed by atoms with Gasteiger partial charge in [0.05, 0.1) is 25.0 Å². The van der Waals surface area contributed by atoms with Crippen LogP contribution in [0.5, 0.6) is 5.88 Å². The number of piperidine rings is 2. The van der Waals surface area contributed by atoms with Gasteiger partial charge in [-0.2, -0.15) is 4.98 Å². The van der Waals surface area contributed by atoms with Crippen molar-refractivity contribution in [2.45, 2.75) is 57.5 Å². The van der Waals surface area contributed by atoms with Crippen LogP contribution in [0.1, 0.15) is 33.1 Å². The van der Waals surface area contributed by atoms with Gasteiger partial charge in [0.2, 0.25) is 11.8 Å². The van der Waals surface area contributed by atoms with Crippen LogP contribution in [-0.2, 0) is 4.74 Å². The second kappa shape index (κ2) is 12.8. The number of rotatable bonds is 7. The molecule has 0 aromatic carbocycles. The fraction of sp³-hybridized carbons (Fsp3) is 0.600. The van der Waals surface area contributed by atoms with Crippen molar-refractivity contribution in [3.8, 4) is 5.88 Å². The van der Waals surface area contributed by atoms with Gasteiger partial charge in [-0.15, -0.1) is 0 Å². The van der Waals surface area contributed by atoms with Crippen molar-refractivity contribution in [2.75, 3.05) is 55.9 Å². The normalized spacial score (nSPS) is 23.6. The maximum absolute atomic E-state index is 14.9. The number of likely N-dealkylation sites (N-methyl/N-ethyl adjacent to an activating group) is 1. The molecule has 4 atom stereocenters. The molecule has 2 aliphatic heterocycles. The quantitative estimate of drug-likeness (QED) is 0.534. The maximum Gasteiger partial charge on any atom is 0.413 e. The van der Waals surface area contributed by atoms with Crippen molar-refractivity contribution in [2.24, 2.45) is 0 Å². The molecule has 0 aliphatic carbocycles. The molecule has 0 spiro atoms. The largest absolute Gasteiger partial charge is 0.477 e. The molecule has 2 aromatic heterocycles. The van der Waals surface area contributed by atoms with E-state index < -0.39 is 24.3 Å².